The molecular formula is C18H15Cl2N3O2S. The lowest BCUT2D eigenvalue weighted by atomic mass is 10.2. The Bertz CT molecular complexity index is 944. The van der Waals surface area contributed by atoms with Crippen LogP contribution in [0.4, 0.5) is 5.13 Å². The van der Waals surface area contributed by atoms with Crippen molar-refractivity contribution < 1.29 is 9.47 Å². The zero-order chi connectivity index (χ0) is 18.5. The number of aromatic nitrogens is 1. The average molecular weight is 408 g/mol. The molecule has 1 N–H and O–H groups in total. The number of ether oxygens (including phenoxy) is 2. The first-order chi connectivity index (χ1) is 12.6. The Kier molecular flexibility index (Phi) is 5.98. The molecule has 0 aliphatic heterocycles. The van der Waals surface area contributed by atoms with Gasteiger partial charge < -0.3 is 9.47 Å². The first-order valence-corrected chi connectivity index (χ1v) is 9.16. The van der Waals surface area contributed by atoms with Gasteiger partial charge >= 0.3 is 0 Å². The fourth-order valence-corrected chi connectivity index (χ4v) is 3.41. The molecular weight excluding hydrogens is 393 g/mol. The van der Waals surface area contributed by atoms with Gasteiger partial charge in [-0.3, -0.25) is 5.43 Å². The fraction of sp³-hybridized carbons (Fsp3) is 0.111. The highest BCUT2D eigenvalue weighted by molar-refractivity contribution is 7.14. The Morgan fingerprint density at radius 1 is 1.12 bits per heavy atom. The minimum absolute atomic E-state index is 0.555. The molecule has 134 valence electrons. The van der Waals surface area contributed by atoms with Crippen LogP contribution in [0.2, 0.25) is 10.0 Å². The number of benzene rings is 2. The monoisotopic (exact) mass is 407 g/mol. The van der Waals surface area contributed by atoms with Crippen molar-refractivity contribution >= 4 is 45.9 Å². The summed E-state index contributed by atoms with van der Waals surface area (Å²) >= 11 is 13.6. The van der Waals surface area contributed by atoms with Gasteiger partial charge in [0.15, 0.2) is 0 Å². The molecule has 0 saturated heterocycles. The second-order valence-electron chi connectivity index (χ2n) is 5.14. The number of hydrogen-bond acceptors (Lipinski definition) is 6. The van der Waals surface area contributed by atoms with Gasteiger partial charge in [-0.05, 0) is 36.4 Å². The number of hydrazone groups is 1. The van der Waals surface area contributed by atoms with Crippen molar-refractivity contribution in [3.8, 4) is 22.8 Å². The predicted molar refractivity (Wildman–Crippen MR) is 108 cm³/mol. The summed E-state index contributed by atoms with van der Waals surface area (Å²) in [5, 5.41) is 7.91. The van der Waals surface area contributed by atoms with Crippen LogP contribution in [-0.2, 0) is 0 Å². The molecule has 0 aliphatic rings. The van der Waals surface area contributed by atoms with E-state index in [1.54, 1.807) is 32.6 Å². The number of thiazole rings is 1. The molecule has 1 heterocycles. The molecule has 1 aromatic heterocycles. The van der Waals surface area contributed by atoms with Crippen molar-refractivity contribution in [2.75, 3.05) is 19.6 Å². The molecule has 3 rings (SSSR count). The summed E-state index contributed by atoms with van der Waals surface area (Å²) in [5.74, 6) is 1.42. The van der Waals surface area contributed by atoms with Crippen LogP contribution >= 0.6 is 34.5 Å². The largest absolute Gasteiger partial charge is 0.497 e. The Morgan fingerprint density at radius 2 is 1.96 bits per heavy atom. The van der Waals surface area contributed by atoms with Gasteiger partial charge in [-0.15, -0.1) is 11.3 Å². The number of anilines is 1. The van der Waals surface area contributed by atoms with Crippen molar-refractivity contribution in [1.82, 2.24) is 4.98 Å². The average Bonchev–Trinajstić information content (AvgIpc) is 3.10. The third-order valence-electron chi connectivity index (χ3n) is 3.51. The first-order valence-electron chi connectivity index (χ1n) is 7.52. The van der Waals surface area contributed by atoms with E-state index in [4.69, 9.17) is 32.7 Å². The number of rotatable bonds is 6. The maximum absolute atomic E-state index is 6.22. The van der Waals surface area contributed by atoms with Crippen LogP contribution in [0.15, 0.2) is 46.9 Å². The molecule has 5 nitrogen and oxygen atoms in total. The standard InChI is InChI=1S/C18H15Cl2N3O2S/c1-24-13-4-6-17(25-2)11(7-13)9-21-23-18-22-16(10-26-18)14-5-3-12(19)8-15(14)20/h3-10H,1-2H3,(H,22,23)/b21-9-. The molecule has 0 spiro atoms. The van der Waals surface area contributed by atoms with E-state index in [9.17, 15) is 0 Å². The lowest BCUT2D eigenvalue weighted by molar-refractivity contribution is 0.402. The van der Waals surface area contributed by atoms with Crippen LogP contribution in [0.25, 0.3) is 11.3 Å². The van der Waals surface area contributed by atoms with Gasteiger partial charge in [0.05, 0.1) is 31.2 Å². The quantitative estimate of drug-likeness (QED) is 0.427. The summed E-state index contributed by atoms with van der Waals surface area (Å²) in [7, 11) is 3.22. The topological polar surface area (TPSA) is 55.7 Å². The molecule has 8 heteroatoms. The van der Waals surface area contributed by atoms with Gasteiger partial charge in [0.1, 0.15) is 11.5 Å². The molecule has 0 aliphatic carbocycles. The van der Waals surface area contributed by atoms with E-state index in [0.717, 1.165) is 22.6 Å². The highest BCUT2D eigenvalue weighted by Crippen LogP contribution is 2.32. The lowest BCUT2D eigenvalue weighted by Crippen LogP contribution is -1.95. The van der Waals surface area contributed by atoms with E-state index >= 15 is 0 Å². The molecule has 2 aromatic carbocycles. The Morgan fingerprint density at radius 3 is 2.69 bits per heavy atom. The van der Waals surface area contributed by atoms with Gasteiger partial charge in [0, 0.05) is 21.5 Å². The summed E-state index contributed by atoms with van der Waals surface area (Å²) in [6.07, 6.45) is 1.65. The minimum atomic E-state index is 0.555. The number of nitrogens with one attached hydrogen (secondary N) is 1. The van der Waals surface area contributed by atoms with Gasteiger partial charge in [0.2, 0.25) is 5.13 Å². The fourth-order valence-electron chi connectivity index (χ4n) is 2.24. The Labute approximate surface area is 165 Å². The van der Waals surface area contributed by atoms with Gasteiger partial charge in [-0.1, -0.05) is 23.2 Å². The van der Waals surface area contributed by atoms with E-state index in [1.165, 1.54) is 11.3 Å². The number of nitrogens with zero attached hydrogens (tertiary/aromatic N) is 2. The van der Waals surface area contributed by atoms with Crippen molar-refractivity contribution in [3.05, 3.63) is 57.4 Å². The van der Waals surface area contributed by atoms with Gasteiger partial charge in [-0.2, -0.15) is 5.10 Å². The Hall–Kier alpha value is -2.28. The van der Waals surface area contributed by atoms with Crippen molar-refractivity contribution in [2.24, 2.45) is 5.10 Å². The second kappa shape index (κ2) is 8.40. The molecule has 0 saturated carbocycles. The number of hydrogen-bond donors (Lipinski definition) is 1. The summed E-state index contributed by atoms with van der Waals surface area (Å²) in [6, 6.07) is 10.8. The summed E-state index contributed by atoms with van der Waals surface area (Å²) in [4.78, 5) is 4.49. The van der Waals surface area contributed by atoms with Crippen LogP contribution < -0.4 is 14.9 Å². The van der Waals surface area contributed by atoms with Crippen molar-refractivity contribution in [1.29, 1.82) is 0 Å². The molecule has 3 aromatic rings. The van der Waals surface area contributed by atoms with E-state index < -0.39 is 0 Å². The minimum Gasteiger partial charge on any atom is -0.497 e. The van der Waals surface area contributed by atoms with Crippen LogP contribution in [0, 0.1) is 0 Å². The lowest BCUT2D eigenvalue weighted by Gasteiger charge is -2.06. The van der Waals surface area contributed by atoms with Crippen LogP contribution in [0.3, 0.4) is 0 Å². The van der Waals surface area contributed by atoms with Gasteiger partial charge in [0.25, 0.3) is 0 Å². The third kappa shape index (κ3) is 4.27. The molecule has 26 heavy (non-hydrogen) atoms. The normalized spacial score (nSPS) is 10.9. The number of halogens is 2. The molecule has 0 amide bonds. The van der Waals surface area contributed by atoms with Crippen molar-refractivity contribution in [3.63, 3.8) is 0 Å². The van der Waals surface area contributed by atoms with Crippen LogP contribution in [0.1, 0.15) is 5.56 Å². The first kappa shape index (κ1) is 18.5. The zero-order valence-electron chi connectivity index (χ0n) is 14.0. The number of methoxy groups -OCH3 is 2. The highest BCUT2D eigenvalue weighted by atomic mass is 35.5. The molecule has 0 fully saturated rings. The van der Waals surface area contributed by atoms with Crippen LogP contribution in [-0.4, -0.2) is 25.4 Å². The SMILES string of the molecule is COc1ccc(OC)c(/C=N\Nc2nc(-c3ccc(Cl)cc3Cl)cs2)c1. The van der Waals surface area contributed by atoms with Crippen molar-refractivity contribution in [2.45, 2.75) is 0 Å². The summed E-state index contributed by atoms with van der Waals surface area (Å²) < 4.78 is 10.5. The van der Waals surface area contributed by atoms with E-state index in [0.29, 0.717) is 20.9 Å². The second-order valence-corrected chi connectivity index (χ2v) is 6.84. The van der Waals surface area contributed by atoms with Crippen LogP contribution in [0.5, 0.6) is 11.5 Å². The Balaban J connectivity index is 1.75. The smallest absolute Gasteiger partial charge is 0.203 e. The van der Waals surface area contributed by atoms with Gasteiger partial charge in [-0.25, -0.2) is 4.98 Å². The predicted octanol–water partition coefficient (Wildman–Crippen LogP) is 5.58. The van der Waals surface area contributed by atoms with E-state index in [2.05, 4.69) is 15.5 Å². The summed E-state index contributed by atoms with van der Waals surface area (Å²) in [5.41, 5.74) is 5.28. The molecule has 0 unspecified atom stereocenters. The van der Waals surface area contributed by atoms with E-state index in [1.807, 2.05) is 29.6 Å². The van der Waals surface area contributed by atoms with E-state index in [-0.39, 0.29) is 0 Å². The summed E-state index contributed by atoms with van der Waals surface area (Å²) in [6.45, 7) is 0. The molecule has 0 bridgehead atoms. The maximum atomic E-state index is 6.22. The molecule has 0 atom stereocenters. The highest BCUT2D eigenvalue weighted by Gasteiger charge is 2.09. The zero-order valence-corrected chi connectivity index (χ0v) is 16.3. The molecule has 0 radical (unpaired) electrons. The maximum Gasteiger partial charge on any atom is 0.203 e. The third-order valence-corrected chi connectivity index (χ3v) is 4.81.